The number of sulfone groups is 1. The minimum absolute atomic E-state index is 0.0267. The lowest BCUT2D eigenvalue weighted by Crippen LogP contribution is -2.08. The lowest BCUT2D eigenvalue weighted by molar-refractivity contribution is -0.116. The zero-order chi connectivity index (χ0) is 12.6. The highest BCUT2D eigenvalue weighted by molar-refractivity contribution is 7.92. The van der Waals surface area contributed by atoms with Gasteiger partial charge in [0.05, 0.1) is 15.2 Å². The van der Waals surface area contributed by atoms with Crippen LogP contribution in [0.5, 0.6) is 0 Å². The highest BCUT2D eigenvalue weighted by atomic mass is 35.5. The monoisotopic (exact) mass is 272 g/mol. The predicted octanol–water partition coefficient (Wildman–Crippen LogP) is 2.41. The van der Waals surface area contributed by atoms with Crippen LogP contribution in [0.1, 0.15) is 25.3 Å². The molecule has 0 spiro atoms. The van der Waals surface area contributed by atoms with Crippen LogP contribution in [-0.4, -0.2) is 19.5 Å². The van der Waals surface area contributed by atoms with Crippen LogP contribution < -0.4 is 0 Å². The van der Waals surface area contributed by atoms with Gasteiger partial charge in [-0.25, -0.2) is 8.42 Å². The van der Waals surface area contributed by atoms with Crippen LogP contribution in [0.25, 0.3) is 0 Å². The van der Waals surface area contributed by atoms with Crippen molar-refractivity contribution in [2.75, 3.05) is 0 Å². The fourth-order valence-electron chi connectivity index (χ4n) is 1.73. The van der Waals surface area contributed by atoms with Crippen LogP contribution in [0.3, 0.4) is 0 Å². The summed E-state index contributed by atoms with van der Waals surface area (Å²) >= 11 is 5.98. The summed E-state index contributed by atoms with van der Waals surface area (Å²) in [5.41, 5.74) is 0.747. The van der Waals surface area contributed by atoms with Crippen molar-refractivity contribution in [1.29, 1.82) is 0 Å². The van der Waals surface area contributed by atoms with Crippen molar-refractivity contribution in [3.05, 3.63) is 28.8 Å². The molecule has 92 valence electrons. The Labute approximate surface area is 106 Å². The molecule has 17 heavy (non-hydrogen) atoms. The summed E-state index contributed by atoms with van der Waals surface area (Å²) in [7, 11) is -3.26. The van der Waals surface area contributed by atoms with Gasteiger partial charge in [0, 0.05) is 6.42 Å². The normalized spacial score (nSPS) is 15.9. The van der Waals surface area contributed by atoms with E-state index in [0.717, 1.165) is 5.56 Å². The highest BCUT2D eigenvalue weighted by Gasteiger charge is 2.37. The van der Waals surface area contributed by atoms with E-state index in [0.29, 0.717) is 12.8 Å². The molecular formula is C12H13ClO3S. The zero-order valence-corrected chi connectivity index (χ0v) is 11.0. The van der Waals surface area contributed by atoms with Crippen molar-refractivity contribution in [1.82, 2.24) is 0 Å². The van der Waals surface area contributed by atoms with Crippen molar-refractivity contribution in [2.24, 2.45) is 0 Å². The summed E-state index contributed by atoms with van der Waals surface area (Å²) in [4.78, 5) is 11.2. The number of benzene rings is 1. The van der Waals surface area contributed by atoms with Crippen molar-refractivity contribution >= 4 is 27.2 Å². The first-order valence-corrected chi connectivity index (χ1v) is 7.35. The Kier molecular flexibility index (Phi) is 3.27. The summed E-state index contributed by atoms with van der Waals surface area (Å²) < 4.78 is 24.0. The topological polar surface area (TPSA) is 51.2 Å². The van der Waals surface area contributed by atoms with Gasteiger partial charge in [-0.15, -0.1) is 0 Å². The number of carbonyl (C=O) groups is 1. The molecule has 3 nitrogen and oxygen atoms in total. The van der Waals surface area contributed by atoms with Gasteiger partial charge in [0.1, 0.15) is 5.78 Å². The lowest BCUT2D eigenvalue weighted by Gasteiger charge is -2.06. The Morgan fingerprint density at radius 1 is 1.41 bits per heavy atom. The van der Waals surface area contributed by atoms with Crippen molar-refractivity contribution in [3.8, 4) is 0 Å². The first-order chi connectivity index (χ1) is 7.91. The standard InChI is InChI=1S/C12H13ClO3S/c1-8(14)6-9-2-5-12(11(13)7-9)17(15,16)10-3-4-10/h2,5,7,10H,3-4,6H2,1H3. The minimum Gasteiger partial charge on any atom is -0.300 e. The second kappa shape index (κ2) is 4.42. The molecule has 2 rings (SSSR count). The van der Waals surface area contributed by atoms with Gasteiger partial charge in [0.2, 0.25) is 0 Å². The largest absolute Gasteiger partial charge is 0.300 e. The molecule has 1 aromatic rings. The van der Waals surface area contributed by atoms with E-state index in [1.54, 1.807) is 12.1 Å². The molecular weight excluding hydrogens is 260 g/mol. The van der Waals surface area contributed by atoms with Gasteiger partial charge in [-0.2, -0.15) is 0 Å². The fraction of sp³-hybridized carbons (Fsp3) is 0.417. The Morgan fingerprint density at radius 3 is 2.53 bits per heavy atom. The molecule has 1 aliphatic rings. The maximum atomic E-state index is 12.0. The molecule has 0 N–H and O–H groups in total. The molecule has 0 atom stereocenters. The third kappa shape index (κ3) is 2.69. The van der Waals surface area contributed by atoms with Crippen LogP contribution in [0.15, 0.2) is 23.1 Å². The van der Waals surface area contributed by atoms with Gasteiger partial charge in [0.25, 0.3) is 0 Å². The first kappa shape index (κ1) is 12.6. The number of hydrogen-bond acceptors (Lipinski definition) is 3. The summed E-state index contributed by atoms with van der Waals surface area (Å²) in [6, 6.07) is 4.73. The third-order valence-corrected chi connectivity index (χ3v) is 5.46. The number of carbonyl (C=O) groups excluding carboxylic acids is 1. The van der Waals surface area contributed by atoms with Gasteiger partial charge in [-0.05, 0) is 37.5 Å². The Bertz CT molecular complexity index is 559. The van der Waals surface area contributed by atoms with Gasteiger partial charge in [-0.3, -0.25) is 4.79 Å². The third-order valence-electron chi connectivity index (χ3n) is 2.72. The van der Waals surface area contributed by atoms with Crippen LogP contribution >= 0.6 is 11.6 Å². The van der Waals surface area contributed by atoms with E-state index in [1.165, 1.54) is 13.0 Å². The summed E-state index contributed by atoms with van der Waals surface area (Å²) in [6.07, 6.45) is 1.71. The smallest absolute Gasteiger partial charge is 0.182 e. The number of hydrogen-bond donors (Lipinski definition) is 0. The van der Waals surface area contributed by atoms with Crippen LogP contribution in [-0.2, 0) is 21.1 Å². The van der Waals surface area contributed by atoms with E-state index < -0.39 is 9.84 Å². The second-order valence-electron chi connectivity index (χ2n) is 4.39. The Morgan fingerprint density at radius 2 is 2.06 bits per heavy atom. The van der Waals surface area contributed by atoms with E-state index in [9.17, 15) is 13.2 Å². The molecule has 0 unspecified atom stereocenters. The number of ketones is 1. The molecule has 0 amide bonds. The molecule has 1 aliphatic carbocycles. The van der Waals surface area contributed by atoms with Crippen molar-refractivity contribution in [3.63, 3.8) is 0 Å². The molecule has 0 radical (unpaired) electrons. The first-order valence-electron chi connectivity index (χ1n) is 5.43. The molecule has 0 heterocycles. The molecule has 0 aromatic heterocycles. The summed E-state index contributed by atoms with van der Waals surface area (Å²) in [5, 5.41) is -0.0469. The molecule has 1 fully saturated rings. The molecule has 1 aromatic carbocycles. The van der Waals surface area contributed by atoms with Crippen molar-refractivity contribution < 1.29 is 13.2 Å². The number of halogens is 1. The van der Waals surface area contributed by atoms with E-state index in [1.807, 2.05) is 0 Å². The maximum Gasteiger partial charge on any atom is 0.182 e. The molecule has 0 bridgehead atoms. The van der Waals surface area contributed by atoms with Crippen LogP contribution in [0.2, 0.25) is 5.02 Å². The van der Waals surface area contributed by atoms with E-state index in [4.69, 9.17) is 11.6 Å². The van der Waals surface area contributed by atoms with E-state index in [-0.39, 0.29) is 27.4 Å². The maximum absolute atomic E-state index is 12.0. The average molecular weight is 273 g/mol. The van der Waals surface area contributed by atoms with Crippen molar-refractivity contribution in [2.45, 2.75) is 36.3 Å². The van der Waals surface area contributed by atoms with Gasteiger partial charge < -0.3 is 0 Å². The Hall–Kier alpha value is -0.870. The van der Waals surface area contributed by atoms with Gasteiger partial charge >= 0.3 is 0 Å². The number of Topliss-reactive ketones (excluding diaryl/α,β-unsaturated/α-hetero) is 1. The molecule has 0 saturated heterocycles. The SMILES string of the molecule is CC(=O)Cc1ccc(S(=O)(=O)C2CC2)c(Cl)c1. The quantitative estimate of drug-likeness (QED) is 0.846. The Balaban J connectivity index is 2.35. The zero-order valence-electron chi connectivity index (χ0n) is 9.44. The molecule has 0 aliphatic heterocycles. The average Bonchev–Trinajstić information content (AvgIpc) is 2.98. The van der Waals surface area contributed by atoms with Crippen LogP contribution in [0, 0.1) is 0 Å². The van der Waals surface area contributed by atoms with Gasteiger partial charge in [-0.1, -0.05) is 17.7 Å². The lowest BCUT2D eigenvalue weighted by atomic mass is 10.1. The van der Waals surface area contributed by atoms with E-state index in [2.05, 4.69) is 0 Å². The summed E-state index contributed by atoms with van der Waals surface area (Å²) in [6.45, 7) is 1.49. The summed E-state index contributed by atoms with van der Waals surface area (Å²) in [5.74, 6) is 0.0267. The van der Waals surface area contributed by atoms with E-state index >= 15 is 0 Å². The predicted molar refractivity (Wildman–Crippen MR) is 66.0 cm³/mol. The second-order valence-corrected chi connectivity index (χ2v) is 6.99. The molecule has 1 saturated carbocycles. The minimum atomic E-state index is -3.26. The van der Waals surface area contributed by atoms with Gasteiger partial charge in [0.15, 0.2) is 9.84 Å². The fourth-order valence-corrected chi connectivity index (χ4v) is 3.96. The highest BCUT2D eigenvalue weighted by Crippen LogP contribution is 2.36. The van der Waals surface area contributed by atoms with Crippen LogP contribution in [0.4, 0.5) is 0 Å². The molecule has 5 heteroatoms. The number of rotatable bonds is 4.